The molecule has 1 aliphatic heterocycles. The Morgan fingerprint density at radius 3 is 2.30 bits per heavy atom. The van der Waals surface area contributed by atoms with Crippen molar-refractivity contribution in [2.45, 2.75) is 19.4 Å². The molecule has 0 bridgehead atoms. The van der Waals surface area contributed by atoms with E-state index in [1.54, 1.807) is 0 Å². The Labute approximate surface area is 130 Å². The summed E-state index contributed by atoms with van der Waals surface area (Å²) in [7, 11) is 0. The minimum Gasteiger partial charge on any atom is -0.299 e. The van der Waals surface area contributed by atoms with E-state index in [1.807, 2.05) is 30.3 Å². The second-order valence-electron chi connectivity index (χ2n) is 5.28. The molecule has 0 radical (unpaired) electrons. The van der Waals surface area contributed by atoms with Crippen LogP contribution in [0.1, 0.15) is 18.4 Å². The third-order valence-electron chi connectivity index (χ3n) is 3.80. The van der Waals surface area contributed by atoms with Crippen LogP contribution in [0.25, 0.3) is 11.1 Å². The Balaban J connectivity index is 1.92. The molecule has 0 aromatic heterocycles. The van der Waals surface area contributed by atoms with Crippen molar-refractivity contribution in [2.24, 2.45) is 0 Å². The van der Waals surface area contributed by atoms with Crippen molar-refractivity contribution in [3.05, 3.63) is 58.1 Å². The molecule has 1 nitrogen and oxygen atoms in total. The van der Waals surface area contributed by atoms with Crippen LogP contribution in [0.15, 0.2) is 42.5 Å². The van der Waals surface area contributed by atoms with Crippen LogP contribution >= 0.6 is 23.2 Å². The molecule has 0 amide bonds. The van der Waals surface area contributed by atoms with Gasteiger partial charge in [0.05, 0.1) is 0 Å². The second-order valence-corrected chi connectivity index (χ2v) is 6.09. The number of nitrogens with zero attached hydrogens (tertiary/aromatic N) is 1. The molecule has 0 atom stereocenters. The number of benzene rings is 2. The fraction of sp³-hybridized carbons (Fsp3) is 0.294. The molecule has 2 aromatic carbocycles. The predicted octanol–water partition coefficient (Wildman–Crippen LogP) is 5.26. The lowest BCUT2D eigenvalue weighted by Crippen LogP contribution is -2.18. The standard InChI is InChI=1S/C17H17Cl2N/c18-16-6-2-1-5-14(16)15-11-13(7-8-17(15)19)12-20-9-3-4-10-20/h1-2,5-8,11H,3-4,9-10,12H2. The second kappa shape index (κ2) is 6.17. The third kappa shape index (κ3) is 3.01. The van der Waals surface area contributed by atoms with Gasteiger partial charge in [-0.05, 0) is 49.7 Å². The van der Waals surface area contributed by atoms with Crippen molar-refractivity contribution >= 4 is 23.2 Å². The zero-order chi connectivity index (χ0) is 13.9. The molecule has 2 aromatic rings. The Kier molecular flexibility index (Phi) is 4.30. The molecule has 20 heavy (non-hydrogen) atoms. The van der Waals surface area contributed by atoms with E-state index in [1.165, 1.54) is 31.5 Å². The van der Waals surface area contributed by atoms with Crippen LogP contribution in [0.3, 0.4) is 0 Å². The topological polar surface area (TPSA) is 3.24 Å². The van der Waals surface area contributed by atoms with Gasteiger partial charge in [-0.3, -0.25) is 4.90 Å². The highest BCUT2D eigenvalue weighted by molar-refractivity contribution is 6.36. The first-order chi connectivity index (χ1) is 9.74. The van der Waals surface area contributed by atoms with E-state index in [-0.39, 0.29) is 0 Å². The largest absolute Gasteiger partial charge is 0.299 e. The summed E-state index contributed by atoms with van der Waals surface area (Å²) in [6.45, 7) is 3.39. The highest BCUT2D eigenvalue weighted by atomic mass is 35.5. The van der Waals surface area contributed by atoms with Crippen LogP contribution in [0.4, 0.5) is 0 Å². The molecule has 0 saturated carbocycles. The average molecular weight is 306 g/mol. The molecule has 0 aliphatic carbocycles. The first kappa shape index (κ1) is 13.9. The van der Waals surface area contributed by atoms with Crippen molar-refractivity contribution in [2.75, 3.05) is 13.1 Å². The van der Waals surface area contributed by atoms with E-state index in [2.05, 4.69) is 17.0 Å². The Bertz CT molecular complexity index is 604. The first-order valence-electron chi connectivity index (χ1n) is 7.00. The fourth-order valence-electron chi connectivity index (χ4n) is 2.76. The number of rotatable bonds is 3. The Hall–Kier alpha value is -1.02. The number of halogens is 2. The number of hydrogen-bond donors (Lipinski definition) is 0. The van der Waals surface area contributed by atoms with Gasteiger partial charge in [0, 0.05) is 27.7 Å². The molecule has 0 unspecified atom stereocenters. The summed E-state index contributed by atoms with van der Waals surface area (Å²) < 4.78 is 0. The normalized spacial score (nSPS) is 15.7. The summed E-state index contributed by atoms with van der Waals surface area (Å²) in [6, 6.07) is 14.1. The minimum absolute atomic E-state index is 0.743. The zero-order valence-corrected chi connectivity index (χ0v) is 12.8. The quantitative estimate of drug-likeness (QED) is 0.748. The van der Waals surface area contributed by atoms with Gasteiger partial charge in [-0.25, -0.2) is 0 Å². The van der Waals surface area contributed by atoms with Gasteiger partial charge in [-0.15, -0.1) is 0 Å². The SMILES string of the molecule is Clc1ccccc1-c1cc(CN2CCCC2)ccc1Cl. The lowest BCUT2D eigenvalue weighted by Gasteiger charge is -2.16. The fourth-order valence-corrected chi connectivity index (χ4v) is 3.21. The average Bonchev–Trinajstić information content (AvgIpc) is 2.95. The van der Waals surface area contributed by atoms with Gasteiger partial charge in [0.25, 0.3) is 0 Å². The van der Waals surface area contributed by atoms with Crippen LogP contribution in [0, 0.1) is 0 Å². The monoisotopic (exact) mass is 305 g/mol. The highest BCUT2D eigenvalue weighted by Gasteiger charge is 2.13. The van der Waals surface area contributed by atoms with Gasteiger partial charge >= 0.3 is 0 Å². The van der Waals surface area contributed by atoms with Crippen molar-refractivity contribution in [3.63, 3.8) is 0 Å². The van der Waals surface area contributed by atoms with Crippen molar-refractivity contribution < 1.29 is 0 Å². The molecule has 1 saturated heterocycles. The van der Waals surface area contributed by atoms with Crippen LogP contribution in [-0.2, 0) is 6.54 Å². The maximum Gasteiger partial charge on any atom is 0.0485 e. The molecule has 104 valence electrons. The maximum absolute atomic E-state index is 6.35. The molecule has 1 fully saturated rings. The van der Waals surface area contributed by atoms with Crippen molar-refractivity contribution in [1.82, 2.24) is 4.90 Å². The first-order valence-corrected chi connectivity index (χ1v) is 7.75. The van der Waals surface area contributed by atoms with Gasteiger partial charge in [0.1, 0.15) is 0 Å². The Morgan fingerprint density at radius 2 is 1.55 bits per heavy atom. The van der Waals surface area contributed by atoms with E-state index in [0.29, 0.717) is 0 Å². The number of hydrogen-bond acceptors (Lipinski definition) is 1. The van der Waals surface area contributed by atoms with Crippen molar-refractivity contribution in [1.29, 1.82) is 0 Å². The van der Waals surface area contributed by atoms with Gasteiger partial charge in [0.2, 0.25) is 0 Å². The van der Waals surface area contributed by atoms with E-state index in [0.717, 1.165) is 27.7 Å². The molecule has 1 heterocycles. The lowest BCUT2D eigenvalue weighted by atomic mass is 10.0. The van der Waals surface area contributed by atoms with E-state index < -0.39 is 0 Å². The maximum atomic E-state index is 6.35. The summed E-state index contributed by atoms with van der Waals surface area (Å²) in [5.41, 5.74) is 3.32. The summed E-state index contributed by atoms with van der Waals surface area (Å²) in [4.78, 5) is 2.49. The van der Waals surface area contributed by atoms with Crippen LogP contribution < -0.4 is 0 Å². The van der Waals surface area contributed by atoms with Gasteiger partial charge < -0.3 is 0 Å². The van der Waals surface area contributed by atoms with Crippen molar-refractivity contribution in [3.8, 4) is 11.1 Å². The predicted molar refractivity (Wildman–Crippen MR) is 86.4 cm³/mol. The van der Waals surface area contributed by atoms with E-state index >= 15 is 0 Å². The van der Waals surface area contributed by atoms with Gasteiger partial charge in [0.15, 0.2) is 0 Å². The van der Waals surface area contributed by atoms with Crippen LogP contribution in [-0.4, -0.2) is 18.0 Å². The zero-order valence-electron chi connectivity index (χ0n) is 11.3. The lowest BCUT2D eigenvalue weighted by molar-refractivity contribution is 0.331. The summed E-state index contributed by atoms with van der Waals surface area (Å²) in [5, 5.41) is 1.50. The molecular formula is C17H17Cl2N. The molecular weight excluding hydrogens is 289 g/mol. The molecule has 0 spiro atoms. The van der Waals surface area contributed by atoms with Gasteiger partial charge in [-0.1, -0.05) is 47.5 Å². The van der Waals surface area contributed by atoms with Crippen LogP contribution in [0.2, 0.25) is 10.0 Å². The van der Waals surface area contributed by atoms with Gasteiger partial charge in [-0.2, -0.15) is 0 Å². The smallest absolute Gasteiger partial charge is 0.0485 e. The summed E-state index contributed by atoms with van der Waals surface area (Å²) >= 11 is 12.6. The summed E-state index contributed by atoms with van der Waals surface area (Å²) in [6.07, 6.45) is 2.62. The molecule has 3 heteroatoms. The molecule has 1 aliphatic rings. The molecule has 3 rings (SSSR count). The molecule has 0 N–H and O–H groups in total. The Morgan fingerprint density at radius 1 is 0.850 bits per heavy atom. The van der Waals surface area contributed by atoms with E-state index in [4.69, 9.17) is 23.2 Å². The summed E-state index contributed by atoms with van der Waals surface area (Å²) in [5.74, 6) is 0. The minimum atomic E-state index is 0.743. The third-order valence-corrected chi connectivity index (χ3v) is 4.46. The number of likely N-dealkylation sites (tertiary alicyclic amines) is 1. The van der Waals surface area contributed by atoms with Crippen LogP contribution in [0.5, 0.6) is 0 Å². The van der Waals surface area contributed by atoms with E-state index in [9.17, 15) is 0 Å². The highest BCUT2D eigenvalue weighted by Crippen LogP contribution is 2.34.